The van der Waals surface area contributed by atoms with Crippen molar-refractivity contribution in [1.29, 1.82) is 0 Å². The third-order valence-corrected chi connectivity index (χ3v) is 7.14. The number of nitrogens with zero attached hydrogens (tertiary/aromatic N) is 2. The number of amidine groups is 1. The number of thioether (sulfide) groups is 1. The van der Waals surface area contributed by atoms with Gasteiger partial charge in [-0.25, -0.2) is 8.42 Å². The van der Waals surface area contributed by atoms with Crippen molar-refractivity contribution < 1.29 is 17.9 Å². The van der Waals surface area contributed by atoms with Crippen molar-refractivity contribution in [2.24, 2.45) is 4.99 Å². The summed E-state index contributed by atoms with van der Waals surface area (Å²) in [6.45, 7) is 1.88. The molecule has 6 nitrogen and oxygen atoms in total. The first kappa shape index (κ1) is 16.5. The number of para-hydroxylation sites is 1. The van der Waals surface area contributed by atoms with Crippen molar-refractivity contribution in [3.63, 3.8) is 0 Å². The van der Waals surface area contributed by atoms with E-state index >= 15 is 0 Å². The minimum Gasteiger partial charge on any atom is -0.375 e. The molecule has 2 atom stereocenters. The molecule has 2 fully saturated rings. The molecule has 1 aromatic carbocycles. The van der Waals surface area contributed by atoms with Gasteiger partial charge in [-0.05, 0) is 18.6 Å². The molecular weight excluding hydrogens is 336 g/mol. The highest BCUT2D eigenvalue weighted by Crippen LogP contribution is 2.41. The molecule has 8 heteroatoms. The van der Waals surface area contributed by atoms with Crippen LogP contribution in [0.5, 0.6) is 0 Å². The lowest BCUT2D eigenvalue weighted by atomic mass is 10.1. The van der Waals surface area contributed by atoms with Crippen molar-refractivity contribution in [3.8, 4) is 0 Å². The smallest absolute Gasteiger partial charge is 0.274 e. The molecule has 0 spiro atoms. The van der Waals surface area contributed by atoms with E-state index in [-0.39, 0.29) is 35.3 Å². The normalized spacial score (nSPS) is 27.4. The van der Waals surface area contributed by atoms with Crippen LogP contribution in [0.4, 0.5) is 5.69 Å². The second kappa shape index (κ2) is 6.26. The number of benzene rings is 1. The van der Waals surface area contributed by atoms with Gasteiger partial charge in [-0.3, -0.25) is 4.79 Å². The number of amides is 1. The molecule has 2 heterocycles. The first-order valence-corrected chi connectivity index (χ1v) is 9.94. The number of ether oxygens (including phenoxy) is 1. The Morgan fingerprint density at radius 3 is 2.83 bits per heavy atom. The van der Waals surface area contributed by atoms with Crippen LogP contribution in [-0.2, 0) is 19.4 Å². The van der Waals surface area contributed by atoms with Gasteiger partial charge in [-0.1, -0.05) is 30.0 Å². The number of rotatable bonds is 3. The molecule has 1 amide bonds. The third kappa shape index (κ3) is 3.29. The lowest BCUT2D eigenvalue weighted by Gasteiger charge is -2.26. The minimum absolute atomic E-state index is 0.0840. The average molecular weight is 354 g/mol. The number of carbonyl (C=O) groups is 1. The molecular formula is C15H18N2O4S2. The van der Waals surface area contributed by atoms with Gasteiger partial charge in [0.15, 0.2) is 15.0 Å². The van der Waals surface area contributed by atoms with Crippen molar-refractivity contribution in [2.45, 2.75) is 18.2 Å². The van der Waals surface area contributed by atoms with Crippen LogP contribution in [0, 0.1) is 6.92 Å². The Morgan fingerprint density at radius 2 is 2.13 bits per heavy atom. The largest absolute Gasteiger partial charge is 0.375 e. The molecule has 0 bridgehead atoms. The highest BCUT2D eigenvalue weighted by molar-refractivity contribution is 8.16. The predicted octanol–water partition coefficient (Wildman–Crippen LogP) is 1.24. The molecule has 0 N–H and O–H groups in total. The van der Waals surface area contributed by atoms with Crippen LogP contribution in [0.2, 0.25) is 0 Å². The van der Waals surface area contributed by atoms with Crippen LogP contribution < -0.4 is 4.90 Å². The van der Waals surface area contributed by atoms with Crippen molar-refractivity contribution in [2.75, 3.05) is 30.1 Å². The lowest BCUT2D eigenvalue weighted by molar-refractivity contribution is -0.121. The highest BCUT2D eigenvalue weighted by atomic mass is 32.2. The molecule has 124 valence electrons. The standard InChI is InChI=1S/C15H18N2O4S2/c1-10-5-3-4-6-11(10)17-12-8-23(19,20)9-13(12)22-15(17)16-14(18)7-21-2/h3-6,12-13H,7-9H2,1-2H3. The van der Waals surface area contributed by atoms with Gasteiger partial charge in [-0.2, -0.15) is 4.99 Å². The summed E-state index contributed by atoms with van der Waals surface area (Å²) in [7, 11) is -1.60. The molecule has 2 unspecified atom stereocenters. The maximum Gasteiger partial charge on any atom is 0.274 e. The van der Waals surface area contributed by atoms with Crippen LogP contribution in [0.1, 0.15) is 5.56 Å². The summed E-state index contributed by atoms with van der Waals surface area (Å²) < 4.78 is 28.8. The van der Waals surface area contributed by atoms with Crippen molar-refractivity contribution >= 4 is 38.4 Å². The molecule has 2 aliphatic heterocycles. The summed E-state index contributed by atoms with van der Waals surface area (Å²) in [6, 6.07) is 7.54. The molecule has 0 radical (unpaired) electrons. The number of fused-ring (bicyclic) bond motifs is 1. The second-order valence-electron chi connectivity index (χ2n) is 5.68. The molecule has 1 aromatic rings. The van der Waals surface area contributed by atoms with Gasteiger partial charge in [0.25, 0.3) is 5.91 Å². The van der Waals surface area contributed by atoms with Gasteiger partial charge < -0.3 is 9.64 Å². The van der Waals surface area contributed by atoms with Crippen LogP contribution in [0.25, 0.3) is 0 Å². The topological polar surface area (TPSA) is 76.0 Å². The fraction of sp³-hybridized carbons (Fsp3) is 0.467. The summed E-state index contributed by atoms with van der Waals surface area (Å²) in [5.41, 5.74) is 1.92. The van der Waals surface area contributed by atoms with Gasteiger partial charge in [0.2, 0.25) is 0 Å². The van der Waals surface area contributed by atoms with E-state index in [0.717, 1.165) is 11.3 Å². The van der Waals surface area contributed by atoms with Crippen molar-refractivity contribution in [1.82, 2.24) is 0 Å². The van der Waals surface area contributed by atoms with Crippen LogP contribution in [0.15, 0.2) is 29.3 Å². The number of sulfone groups is 1. The van der Waals surface area contributed by atoms with Gasteiger partial charge in [0, 0.05) is 18.0 Å². The first-order chi connectivity index (χ1) is 10.9. The Bertz CT molecular complexity index is 760. The molecule has 2 aliphatic rings. The number of anilines is 1. The second-order valence-corrected chi connectivity index (χ2v) is 9.04. The lowest BCUT2D eigenvalue weighted by Crippen LogP contribution is -2.38. The summed E-state index contributed by atoms with van der Waals surface area (Å²) in [5.74, 6) is -0.144. The van der Waals surface area contributed by atoms with E-state index in [1.54, 1.807) is 0 Å². The van der Waals surface area contributed by atoms with Gasteiger partial charge in [0.05, 0.1) is 17.5 Å². The zero-order valence-electron chi connectivity index (χ0n) is 12.9. The SMILES string of the molecule is COCC(=O)N=C1SC2CS(=O)(=O)CC2N1c1ccccc1C. The van der Waals surface area contributed by atoms with E-state index < -0.39 is 9.84 Å². The van der Waals surface area contributed by atoms with Crippen LogP contribution in [0.3, 0.4) is 0 Å². The first-order valence-electron chi connectivity index (χ1n) is 7.23. The number of methoxy groups -OCH3 is 1. The molecule has 0 aliphatic carbocycles. The van der Waals surface area contributed by atoms with E-state index in [0.29, 0.717) is 5.17 Å². The molecule has 3 rings (SSSR count). The fourth-order valence-corrected chi connectivity index (χ4v) is 6.87. The number of aliphatic imine (C=N–C) groups is 1. The van der Waals surface area contributed by atoms with Gasteiger partial charge in [0.1, 0.15) is 6.61 Å². The molecule has 0 aromatic heterocycles. The number of hydrogen-bond donors (Lipinski definition) is 0. The number of aryl methyl sites for hydroxylation is 1. The highest BCUT2D eigenvalue weighted by Gasteiger charge is 2.49. The van der Waals surface area contributed by atoms with Crippen LogP contribution in [-0.4, -0.2) is 56.0 Å². The Kier molecular flexibility index (Phi) is 4.48. The summed E-state index contributed by atoms with van der Waals surface area (Å²) >= 11 is 1.37. The summed E-state index contributed by atoms with van der Waals surface area (Å²) in [4.78, 5) is 17.9. The van der Waals surface area contributed by atoms with Crippen LogP contribution >= 0.6 is 11.8 Å². The average Bonchev–Trinajstić information content (AvgIpc) is 2.91. The summed E-state index contributed by atoms with van der Waals surface area (Å²) in [6.07, 6.45) is 0. The monoisotopic (exact) mass is 354 g/mol. The number of carbonyl (C=O) groups excluding carboxylic acids is 1. The van der Waals surface area contributed by atoms with E-state index in [2.05, 4.69) is 4.99 Å². The van der Waals surface area contributed by atoms with Gasteiger partial charge >= 0.3 is 0 Å². The molecule has 23 heavy (non-hydrogen) atoms. The van der Waals surface area contributed by atoms with Crippen molar-refractivity contribution in [3.05, 3.63) is 29.8 Å². The third-order valence-electron chi connectivity index (χ3n) is 3.93. The summed E-state index contributed by atoms with van der Waals surface area (Å²) in [5, 5.41) is 0.472. The quantitative estimate of drug-likeness (QED) is 0.813. The van der Waals surface area contributed by atoms with E-state index in [1.165, 1.54) is 18.9 Å². The van der Waals surface area contributed by atoms with E-state index in [1.807, 2.05) is 36.1 Å². The Hall–Kier alpha value is -1.38. The maximum atomic E-state index is 12.0. The molecule has 2 saturated heterocycles. The zero-order valence-corrected chi connectivity index (χ0v) is 14.6. The predicted molar refractivity (Wildman–Crippen MR) is 91.8 cm³/mol. The Balaban J connectivity index is 2.01. The zero-order chi connectivity index (χ0) is 16.6. The maximum absolute atomic E-state index is 12.0. The number of hydrogen-bond acceptors (Lipinski definition) is 5. The van der Waals surface area contributed by atoms with Gasteiger partial charge in [-0.15, -0.1) is 0 Å². The fourth-order valence-electron chi connectivity index (χ4n) is 2.94. The van der Waals surface area contributed by atoms with E-state index in [9.17, 15) is 13.2 Å². The minimum atomic E-state index is -3.05. The molecule has 0 saturated carbocycles. The Morgan fingerprint density at radius 1 is 1.39 bits per heavy atom. The Labute approximate surface area is 139 Å². The van der Waals surface area contributed by atoms with E-state index in [4.69, 9.17) is 4.74 Å².